The third kappa shape index (κ3) is 2.52. The normalized spacial score (nSPS) is 13.7. The van der Waals surface area contributed by atoms with Crippen LogP contribution in [0.15, 0.2) is 6.20 Å². The number of aliphatic hydroxyl groups is 1. The highest BCUT2D eigenvalue weighted by Gasteiger charge is 2.39. The lowest BCUT2D eigenvalue weighted by molar-refractivity contribution is -0.130. The van der Waals surface area contributed by atoms with Crippen molar-refractivity contribution in [2.45, 2.75) is 45.3 Å². The fraction of sp³-hybridized carbons (Fsp3) is 0.769. The zero-order valence-corrected chi connectivity index (χ0v) is 11.9. The van der Waals surface area contributed by atoms with Gasteiger partial charge in [0.2, 0.25) is 0 Å². The maximum Gasteiger partial charge on any atom is 0.162 e. The quantitative estimate of drug-likeness (QED) is 0.811. The molecule has 1 rings (SSSR count). The molecule has 1 atom stereocenters. The largest absolute Gasteiger partial charge is 0.493 e. The molecule has 1 aromatic rings. The minimum absolute atomic E-state index is 0.568. The third-order valence-corrected chi connectivity index (χ3v) is 3.56. The summed E-state index contributed by atoms with van der Waals surface area (Å²) in [7, 11) is 3.37. The number of aliphatic hydroxyl groups excluding tert-OH is 1. The van der Waals surface area contributed by atoms with Crippen LogP contribution in [0.3, 0.4) is 0 Å². The Balaban J connectivity index is 3.16. The van der Waals surface area contributed by atoms with Crippen LogP contribution in [0.2, 0.25) is 0 Å². The fourth-order valence-corrected chi connectivity index (χ4v) is 2.35. The van der Waals surface area contributed by atoms with E-state index in [1.165, 1.54) is 0 Å². The lowest BCUT2D eigenvalue weighted by Gasteiger charge is -2.36. The van der Waals surface area contributed by atoms with Crippen molar-refractivity contribution in [3.8, 4) is 5.75 Å². The van der Waals surface area contributed by atoms with E-state index in [0.717, 1.165) is 12.8 Å². The van der Waals surface area contributed by atoms with Gasteiger partial charge in [0.15, 0.2) is 5.75 Å². The van der Waals surface area contributed by atoms with Crippen molar-refractivity contribution in [2.24, 2.45) is 7.05 Å². The second kappa shape index (κ2) is 6.20. The van der Waals surface area contributed by atoms with Gasteiger partial charge < -0.3 is 14.6 Å². The van der Waals surface area contributed by atoms with Crippen LogP contribution in [0.4, 0.5) is 0 Å². The highest BCUT2D eigenvalue weighted by atomic mass is 16.5. The molecule has 1 aromatic heterocycles. The SMILES string of the molecule is CCOC(CC)(CC)C(O)c1c(OC)cnn1C. The molecule has 0 saturated heterocycles. The van der Waals surface area contributed by atoms with Crippen LogP contribution in [-0.4, -0.2) is 34.2 Å². The van der Waals surface area contributed by atoms with E-state index < -0.39 is 11.7 Å². The Bertz CT molecular complexity index is 372. The Morgan fingerprint density at radius 3 is 2.44 bits per heavy atom. The summed E-state index contributed by atoms with van der Waals surface area (Å²) >= 11 is 0. The first kappa shape index (κ1) is 15.0. The van der Waals surface area contributed by atoms with Crippen LogP contribution in [-0.2, 0) is 11.8 Å². The number of ether oxygens (including phenoxy) is 2. The predicted molar refractivity (Wildman–Crippen MR) is 69.7 cm³/mol. The van der Waals surface area contributed by atoms with Crippen LogP contribution >= 0.6 is 0 Å². The molecule has 1 heterocycles. The van der Waals surface area contributed by atoms with Crippen molar-refractivity contribution in [2.75, 3.05) is 13.7 Å². The van der Waals surface area contributed by atoms with Crippen LogP contribution in [0.1, 0.15) is 45.4 Å². The molecule has 18 heavy (non-hydrogen) atoms. The molecular weight excluding hydrogens is 232 g/mol. The summed E-state index contributed by atoms with van der Waals surface area (Å²) in [6, 6.07) is 0. The van der Waals surface area contributed by atoms with Crippen molar-refractivity contribution < 1.29 is 14.6 Å². The smallest absolute Gasteiger partial charge is 0.162 e. The molecule has 5 heteroatoms. The van der Waals surface area contributed by atoms with Crippen LogP contribution in [0.25, 0.3) is 0 Å². The van der Waals surface area contributed by atoms with E-state index in [1.807, 2.05) is 20.8 Å². The second-order valence-electron chi connectivity index (χ2n) is 4.33. The first-order valence-corrected chi connectivity index (χ1v) is 6.44. The van der Waals surface area contributed by atoms with Crippen LogP contribution in [0.5, 0.6) is 5.75 Å². The zero-order chi connectivity index (χ0) is 13.8. The molecule has 1 unspecified atom stereocenters. The molecule has 0 fully saturated rings. The Morgan fingerprint density at radius 1 is 1.39 bits per heavy atom. The van der Waals surface area contributed by atoms with Crippen LogP contribution in [0, 0.1) is 0 Å². The van der Waals surface area contributed by atoms with Crippen molar-refractivity contribution >= 4 is 0 Å². The number of aromatic nitrogens is 2. The molecule has 5 nitrogen and oxygen atoms in total. The lowest BCUT2D eigenvalue weighted by atomic mass is 9.88. The summed E-state index contributed by atoms with van der Waals surface area (Å²) in [5.74, 6) is 0.593. The monoisotopic (exact) mass is 256 g/mol. The van der Waals surface area contributed by atoms with Gasteiger partial charge in [0.05, 0.1) is 18.9 Å². The molecule has 0 amide bonds. The van der Waals surface area contributed by atoms with Crippen molar-refractivity contribution in [1.29, 1.82) is 0 Å². The van der Waals surface area contributed by atoms with Crippen molar-refractivity contribution in [1.82, 2.24) is 9.78 Å². The molecule has 0 saturated carbocycles. The van der Waals surface area contributed by atoms with E-state index in [-0.39, 0.29) is 0 Å². The van der Waals surface area contributed by atoms with Crippen molar-refractivity contribution in [3.05, 3.63) is 11.9 Å². The van der Waals surface area contributed by atoms with Gasteiger partial charge in [-0.15, -0.1) is 0 Å². The van der Waals surface area contributed by atoms with E-state index >= 15 is 0 Å². The van der Waals surface area contributed by atoms with Gasteiger partial charge in [-0.3, -0.25) is 4.68 Å². The number of aryl methyl sites for hydroxylation is 1. The second-order valence-corrected chi connectivity index (χ2v) is 4.33. The van der Waals surface area contributed by atoms with Gasteiger partial charge in [-0.2, -0.15) is 5.10 Å². The molecule has 0 radical (unpaired) electrons. The summed E-state index contributed by atoms with van der Waals surface area (Å²) in [5.41, 5.74) is 0.0742. The van der Waals surface area contributed by atoms with Crippen LogP contribution < -0.4 is 4.74 Å². The number of hydrogen-bond acceptors (Lipinski definition) is 4. The molecular formula is C13H24N2O3. The fourth-order valence-electron chi connectivity index (χ4n) is 2.35. The molecule has 0 bridgehead atoms. The molecule has 0 aromatic carbocycles. The maximum atomic E-state index is 10.7. The van der Waals surface area contributed by atoms with E-state index in [0.29, 0.717) is 18.1 Å². The average molecular weight is 256 g/mol. The summed E-state index contributed by atoms with van der Waals surface area (Å²) in [4.78, 5) is 0. The van der Waals surface area contributed by atoms with Gasteiger partial charge in [-0.1, -0.05) is 13.8 Å². The number of hydrogen-bond donors (Lipinski definition) is 1. The third-order valence-electron chi connectivity index (χ3n) is 3.56. The first-order chi connectivity index (χ1) is 8.56. The summed E-state index contributed by atoms with van der Waals surface area (Å²) in [6.07, 6.45) is 2.31. The van der Waals surface area contributed by atoms with Gasteiger partial charge in [0.25, 0.3) is 0 Å². The summed E-state index contributed by atoms with van der Waals surface area (Å²) < 4.78 is 12.7. The van der Waals surface area contributed by atoms with Gasteiger partial charge in [-0.05, 0) is 19.8 Å². The van der Waals surface area contributed by atoms with E-state index in [1.54, 1.807) is 25.0 Å². The van der Waals surface area contributed by atoms with Crippen molar-refractivity contribution in [3.63, 3.8) is 0 Å². The number of rotatable bonds is 7. The van der Waals surface area contributed by atoms with E-state index in [2.05, 4.69) is 5.10 Å². The van der Waals surface area contributed by atoms with Gasteiger partial charge in [-0.25, -0.2) is 0 Å². The summed E-state index contributed by atoms with van der Waals surface area (Å²) in [6.45, 7) is 6.54. The Hall–Kier alpha value is -1.07. The highest BCUT2D eigenvalue weighted by Crippen LogP contribution is 2.38. The standard InChI is InChI=1S/C13H24N2O3/c1-6-13(7-2,18-8-3)12(16)11-10(17-5)9-14-15(11)4/h9,12,16H,6-8H2,1-5H3. The molecule has 0 spiro atoms. The average Bonchev–Trinajstić information content (AvgIpc) is 2.76. The minimum atomic E-state index is -0.755. The molecule has 0 aliphatic heterocycles. The minimum Gasteiger partial charge on any atom is -0.493 e. The Morgan fingerprint density at radius 2 is 2.00 bits per heavy atom. The lowest BCUT2D eigenvalue weighted by Crippen LogP contribution is -2.39. The number of nitrogens with zero attached hydrogens (tertiary/aromatic N) is 2. The molecule has 1 N–H and O–H groups in total. The molecule has 0 aliphatic rings. The number of methoxy groups -OCH3 is 1. The topological polar surface area (TPSA) is 56.5 Å². The highest BCUT2D eigenvalue weighted by molar-refractivity contribution is 5.29. The maximum absolute atomic E-state index is 10.7. The first-order valence-electron chi connectivity index (χ1n) is 6.44. The van der Waals surface area contributed by atoms with E-state index in [4.69, 9.17) is 9.47 Å². The molecule has 104 valence electrons. The Kier molecular flexibility index (Phi) is 5.16. The van der Waals surface area contributed by atoms with Gasteiger partial charge in [0, 0.05) is 13.7 Å². The summed E-state index contributed by atoms with van der Waals surface area (Å²) in [5, 5.41) is 14.8. The van der Waals surface area contributed by atoms with Gasteiger partial charge in [0.1, 0.15) is 11.8 Å². The zero-order valence-electron chi connectivity index (χ0n) is 11.9. The molecule has 0 aliphatic carbocycles. The Labute approximate surface area is 109 Å². The van der Waals surface area contributed by atoms with Gasteiger partial charge >= 0.3 is 0 Å². The van der Waals surface area contributed by atoms with E-state index in [9.17, 15) is 5.11 Å². The predicted octanol–water partition coefficient (Wildman–Crippen LogP) is 2.06.